The second kappa shape index (κ2) is 4.81. The van der Waals surface area contributed by atoms with Gasteiger partial charge in [0.2, 0.25) is 0 Å². The number of fused-ring (bicyclic) bond motifs is 1. The summed E-state index contributed by atoms with van der Waals surface area (Å²) in [6.07, 6.45) is 3.40. The molecule has 3 rings (SSSR count). The molecule has 1 amide bonds. The third-order valence-electron chi connectivity index (χ3n) is 3.42. The second-order valence-electron chi connectivity index (χ2n) is 5.18. The molecule has 19 heavy (non-hydrogen) atoms. The van der Waals surface area contributed by atoms with E-state index in [1.165, 1.54) is 16.9 Å². The van der Waals surface area contributed by atoms with Crippen LogP contribution in [0.4, 0.5) is 5.82 Å². The van der Waals surface area contributed by atoms with Crippen molar-refractivity contribution in [1.29, 1.82) is 0 Å². The summed E-state index contributed by atoms with van der Waals surface area (Å²) >= 11 is 1.60. The molecule has 0 spiro atoms. The first-order valence-corrected chi connectivity index (χ1v) is 7.29. The van der Waals surface area contributed by atoms with E-state index < -0.39 is 0 Å². The molecule has 4 nitrogen and oxygen atoms in total. The first kappa shape index (κ1) is 12.4. The maximum atomic E-state index is 12.1. The zero-order chi connectivity index (χ0) is 13.4. The van der Waals surface area contributed by atoms with Crippen molar-refractivity contribution >= 4 is 23.1 Å². The van der Waals surface area contributed by atoms with Gasteiger partial charge in [-0.2, -0.15) is 0 Å². The lowest BCUT2D eigenvalue weighted by Gasteiger charge is -2.16. The predicted molar refractivity (Wildman–Crippen MR) is 74.7 cm³/mol. The molecule has 1 aliphatic carbocycles. The summed E-state index contributed by atoms with van der Waals surface area (Å²) in [6.45, 7) is 4.06. The van der Waals surface area contributed by atoms with Crippen molar-refractivity contribution in [3.8, 4) is 0 Å². The number of aromatic nitrogens is 1. The molecule has 0 saturated heterocycles. The Bertz CT molecular complexity index is 615. The largest absolute Gasteiger partial charge is 0.360 e. The van der Waals surface area contributed by atoms with E-state index in [0.29, 0.717) is 11.6 Å². The number of rotatable bonds is 2. The molecule has 0 saturated carbocycles. The number of carbonyl (C=O) groups excluding carboxylic acids is 1. The smallest absolute Gasteiger partial charge is 0.266 e. The van der Waals surface area contributed by atoms with Gasteiger partial charge < -0.3 is 9.84 Å². The van der Waals surface area contributed by atoms with E-state index in [1.807, 2.05) is 6.07 Å². The summed E-state index contributed by atoms with van der Waals surface area (Å²) in [5.74, 6) is 1.79. The fourth-order valence-electron chi connectivity index (χ4n) is 2.42. The summed E-state index contributed by atoms with van der Waals surface area (Å²) in [7, 11) is 0. The van der Waals surface area contributed by atoms with Gasteiger partial charge in [0, 0.05) is 10.9 Å². The number of nitrogens with zero attached hydrogens (tertiary/aromatic N) is 1. The van der Waals surface area contributed by atoms with Crippen molar-refractivity contribution in [2.75, 3.05) is 5.32 Å². The number of hydrogen-bond donors (Lipinski definition) is 1. The lowest BCUT2D eigenvalue weighted by Crippen LogP contribution is -2.10. The van der Waals surface area contributed by atoms with Crippen LogP contribution in [0.5, 0.6) is 0 Å². The fourth-order valence-corrected chi connectivity index (χ4v) is 3.52. The lowest BCUT2D eigenvalue weighted by atomic mass is 9.90. The van der Waals surface area contributed by atoms with E-state index in [0.717, 1.165) is 23.6 Å². The average Bonchev–Trinajstić information content (AvgIpc) is 2.95. The van der Waals surface area contributed by atoms with Crippen LogP contribution in [-0.2, 0) is 12.8 Å². The number of amides is 1. The van der Waals surface area contributed by atoms with Crippen LogP contribution < -0.4 is 5.32 Å². The van der Waals surface area contributed by atoms with Crippen LogP contribution in [-0.4, -0.2) is 11.1 Å². The van der Waals surface area contributed by atoms with Crippen LogP contribution in [0.3, 0.4) is 0 Å². The maximum absolute atomic E-state index is 12.1. The Morgan fingerprint density at radius 2 is 2.37 bits per heavy atom. The summed E-state index contributed by atoms with van der Waals surface area (Å²) in [5.41, 5.74) is 1.34. The molecule has 2 aromatic rings. The van der Waals surface area contributed by atoms with Crippen LogP contribution in [0.15, 0.2) is 16.7 Å². The van der Waals surface area contributed by atoms with Gasteiger partial charge in [-0.05, 0) is 43.7 Å². The van der Waals surface area contributed by atoms with Crippen LogP contribution in [0, 0.1) is 12.8 Å². The first-order chi connectivity index (χ1) is 9.11. The molecule has 1 N–H and O–H groups in total. The Morgan fingerprint density at radius 1 is 1.53 bits per heavy atom. The molecular formula is C14H16N2O2S. The zero-order valence-electron chi connectivity index (χ0n) is 11.0. The summed E-state index contributed by atoms with van der Waals surface area (Å²) in [5, 5.41) is 6.54. The van der Waals surface area contributed by atoms with Crippen molar-refractivity contribution in [2.24, 2.45) is 5.92 Å². The van der Waals surface area contributed by atoms with Crippen molar-refractivity contribution in [3.05, 3.63) is 33.2 Å². The third-order valence-corrected chi connectivity index (χ3v) is 4.66. The molecule has 0 unspecified atom stereocenters. The van der Waals surface area contributed by atoms with E-state index in [-0.39, 0.29) is 5.91 Å². The quantitative estimate of drug-likeness (QED) is 0.914. The summed E-state index contributed by atoms with van der Waals surface area (Å²) in [4.78, 5) is 14.3. The van der Waals surface area contributed by atoms with Crippen molar-refractivity contribution in [2.45, 2.75) is 33.1 Å². The average molecular weight is 276 g/mol. The molecule has 0 aliphatic heterocycles. The van der Waals surface area contributed by atoms with Gasteiger partial charge in [0.15, 0.2) is 5.82 Å². The minimum absolute atomic E-state index is 0.0969. The molecule has 0 aromatic carbocycles. The summed E-state index contributed by atoms with van der Waals surface area (Å²) < 4.78 is 4.94. The topological polar surface area (TPSA) is 55.1 Å². The Balaban J connectivity index is 1.77. The van der Waals surface area contributed by atoms with Gasteiger partial charge in [0.05, 0.1) is 4.88 Å². The van der Waals surface area contributed by atoms with E-state index in [2.05, 4.69) is 17.4 Å². The number of anilines is 1. The number of aryl methyl sites for hydroxylation is 2. The molecule has 2 heterocycles. The van der Waals surface area contributed by atoms with Crippen LogP contribution in [0.2, 0.25) is 0 Å². The van der Waals surface area contributed by atoms with Gasteiger partial charge in [-0.1, -0.05) is 12.1 Å². The third kappa shape index (κ3) is 2.56. The number of carbonyl (C=O) groups is 1. The Labute approximate surface area is 115 Å². The highest BCUT2D eigenvalue weighted by Crippen LogP contribution is 2.32. The highest BCUT2D eigenvalue weighted by molar-refractivity contribution is 7.14. The van der Waals surface area contributed by atoms with Crippen LogP contribution >= 0.6 is 11.3 Å². The van der Waals surface area contributed by atoms with Gasteiger partial charge in [-0.15, -0.1) is 11.3 Å². The molecule has 5 heteroatoms. The molecule has 0 radical (unpaired) electrons. The Hall–Kier alpha value is -1.62. The monoisotopic (exact) mass is 276 g/mol. The van der Waals surface area contributed by atoms with E-state index in [1.54, 1.807) is 24.3 Å². The Kier molecular flexibility index (Phi) is 3.14. The summed E-state index contributed by atoms with van der Waals surface area (Å²) in [6, 6.07) is 3.74. The molecule has 0 bridgehead atoms. The SMILES string of the molecule is Cc1cc(NC(=O)c2cc3c(s2)CC[C@@H](C)C3)no1. The van der Waals surface area contributed by atoms with Crippen LogP contribution in [0.25, 0.3) is 0 Å². The Morgan fingerprint density at radius 3 is 3.11 bits per heavy atom. The van der Waals surface area contributed by atoms with Crippen molar-refractivity contribution in [1.82, 2.24) is 5.16 Å². The maximum Gasteiger partial charge on any atom is 0.266 e. The normalized spacial score (nSPS) is 18.1. The molecule has 100 valence electrons. The van der Waals surface area contributed by atoms with E-state index in [9.17, 15) is 4.79 Å². The minimum atomic E-state index is -0.0969. The van der Waals surface area contributed by atoms with Gasteiger partial charge in [-0.25, -0.2) is 0 Å². The second-order valence-corrected chi connectivity index (χ2v) is 6.32. The minimum Gasteiger partial charge on any atom is -0.360 e. The van der Waals surface area contributed by atoms with E-state index >= 15 is 0 Å². The molecule has 1 atom stereocenters. The zero-order valence-corrected chi connectivity index (χ0v) is 11.8. The predicted octanol–water partition coefficient (Wildman–Crippen LogP) is 3.42. The standard InChI is InChI=1S/C14H16N2O2S/c1-8-3-4-11-10(5-8)7-12(19-11)14(17)15-13-6-9(2)18-16-13/h6-8H,3-5H2,1-2H3,(H,15,16,17)/t8-/m1/s1. The van der Waals surface area contributed by atoms with E-state index in [4.69, 9.17) is 4.52 Å². The first-order valence-electron chi connectivity index (χ1n) is 6.48. The molecule has 1 aliphatic rings. The highest BCUT2D eigenvalue weighted by Gasteiger charge is 2.21. The fraction of sp³-hybridized carbons (Fsp3) is 0.429. The van der Waals surface area contributed by atoms with Gasteiger partial charge in [0.25, 0.3) is 5.91 Å². The lowest BCUT2D eigenvalue weighted by molar-refractivity contribution is 0.102. The molecule has 2 aromatic heterocycles. The van der Waals surface area contributed by atoms with Gasteiger partial charge >= 0.3 is 0 Å². The van der Waals surface area contributed by atoms with Crippen molar-refractivity contribution < 1.29 is 9.32 Å². The van der Waals surface area contributed by atoms with Crippen LogP contribution in [0.1, 0.15) is 39.2 Å². The van der Waals surface area contributed by atoms with Gasteiger partial charge in [-0.3, -0.25) is 4.79 Å². The van der Waals surface area contributed by atoms with Gasteiger partial charge in [0.1, 0.15) is 5.76 Å². The number of thiophene rings is 1. The number of hydrogen-bond acceptors (Lipinski definition) is 4. The van der Waals surface area contributed by atoms with Crippen molar-refractivity contribution in [3.63, 3.8) is 0 Å². The number of nitrogens with one attached hydrogen (secondary N) is 1. The molecule has 0 fully saturated rings. The molecular weight excluding hydrogens is 260 g/mol. The highest BCUT2D eigenvalue weighted by atomic mass is 32.1.